The van der Waals surface area contributed by atoms with Gasteiger partial charge in [-0.15, -0.1) is 0 Å². The highest BCUT2D eigenvalue weighted by Crippen LogP contribution is 2.40. The van der Waals surface area contributed by atoms with Crippen LogP contribution in [0.3, 0.4) is 0 Å². The second-order valence-corrected chi connectivity index (χ2v) is 6.22. The van der Waals surface area contributed by atoms with E-state index in [1.54, 1.807) is 25.3 Å². The molecule has 0 amide bonds. The fourth-order valence-corrected chi connectivity index (χ4v) is 3.17. The highest BCUT2D eigenvalue weighted by Gasteiger charge is 2.36. The van der Waals surface area contributed by atoms with Crippen molar-refractivity contribution in [1.29, 1.82) is 0 Å². The summed E-state index contributed by atoms with van der Waals surface area (Å²) in [5, 5.41) is 4.56. The van der Waals surface area contributed by atoms with Crippen molar-refractivity contribution < 1.29 is 23.9 Å². The van der Waals surface area contributed by atoms with Gasteiger partial charge in [-0.1, -0.05) is 30.3 Å². The number of hydrogen-bond donors (Lipinski definition) is 1. The molecule has 0 saturated heterocycles. The van der Waals surface area contributed by atoms with E-state index in [1.165, 1.54) is 19.3 Å². The molecule has 1 heterocycles. The zero-order valence-electron chi connectivity index (χ0n) is 16.0. The number of methoxy groups -OCH3 is 2. The number of fused-ring (bicyclic) bond motifs is 1. The first kappa shape index (κ1) is 19.3. The van der Waals surface area contributed by atoms with E-state index in [-0.39, 0.29) is 5.78 Å². The topological polar surface area (TPSA) is 77.1 Å². The molecule has 7 heteroatoms. The fraction of sp³-hybridized carbons (Fsp3) is 0.238. The number of hydrogen-bond acceptors (Lipinski definition) is 7. The monoisotopic (exact) mass is 382 g/mol. The number of benzene rings is 2. The molecule has 0 saturated carbocycles. The molecule has 1 aliphatic heterocycles. The van der Waals surface area contributed by atoms with E-state index in [2.05, 4.69) is 5.32 Å². The molecule has 0 bridgehead atoms. The Kier molecular flexibility index (Phi) is 5.84. The quantitative estimate of drug-likeness (QED) is 0.583. The molecule has 2 aromatic carbocycles. The van der Waals surface area contributed by atoms with Crippen molar-refractivity contribution in [2.75, 3.05) is 19.3 Å². The van der Waals surface area contributed by atoms with E-state index in [1.807, 2.05) is 30.3 Å². The predicted octanol–water partition coefficient (Wildman–Crippen LogP) is 2.86. The Labute approximate surface area is 163 Å². The molecular formula is C21H22N2O5. The van der Waals surface area contributed by atoms with Crippen molar-refractivity contribution >= 4 is 17.9 Å². The van der Waals surface area contributed by atoms with Gasteiger partial charge in [-0.2, -0.15) is 5.06 Å². The van der Waals surface area contributed by atoms with Gasteiger partial charge in [-0.05, 0) is 18.6 Å². The molecular weight excluding hydrogens is 360 g/mol. The number of anilines is 1. The third-order valence-corrected chi connectivity index (χ3v) is 4.61. The Morgan fingerprint density at radius 2 is 1.79 bits per heavy atom. The van der Waals surface area contributed by atoms with Gasteiger partial charge in [0.2, 0.25) is 0 Å². The molecule has 0 aromatic heterocycles. The zero-order valence-corrected chi connectivity index (χ0v) is 16.0. The lowest BCUT2D eigenvalue weighted by atomic mass is 9.92. The Bertz CT molecular complexity index is 895. The summed E-state index contributed by atoms with van der Waals surface area (Å²) in [6.45, 7) is 2.69. The van der Waals surface area contributed by atoms with Crippen molar-refractivity contribution in [3.63, 3.8) is 0 Å². The van der Waals surface area contributed by atoms with Crippen molar-refractivity contribution in [2.24, 2.45) is 0 Å². The number of ether oxygens (including phenoxy) is 2. The summed E-state index contributed by atoms with van der Waals surface area (Å²) < 4.78 is 10.6. The number of rotatable bonds is 7. The molecule has 1 aliphatic rings. The summed E-state index contributed by atoms with van der Waals surface area (Å²) >= 11 is 0. The van der Waals surface area contributed by atoms with Gasteiger partial charge in [-0.3, -0.25) is 9.59 Å². The van der Waals surface area contributed by atoms with Crippen LogP contribution in [0.25, 0.3) is 0 Å². The van der Waals surface area contributed by atoms with Gasteiger partial charge in [-0.25, -0.2) is 0 Å². The summed E-state index contributed by atoms with van der Waals surface area (Å²) in [4.78, 5) is 29.3. The Morgan fingerprint density at radius 1 is 1.11 bits per heavy atom. The van der Waals surface area contributed by atoms with Gasteiger partial charge in [0.15, 0.2) is 17.3 Å². The lowest BCUT2D eigenvalue weighted by Crippen LogP contribution is -2.42. The smallest absolute Gasteiger partial charge is 0.320 e. The van der Waals surface area contributed by atoms with Crippen LogP contribution in [-0.2, 0) is 16.2 Å². The van der Waals surface area contributed by atoms with E-state index in [0.29, 0.717) is 41.3 Å². The molecule has 0 spiro atoms. The maximum Gasteiger partial charge on any atom is 0.320 e. The number of carbonyl (C=O) groups excluding carboxylic acids is 2. The fourth-order valence-electron chi connectivity index (χ4n) is 3.17. The largest absolute Gasteiger partial charge is 0.493 e. The first-order valence-electron chi connectivity index (χ1n) is 8.78. The molecule has 7 nitrogen and oxygen atoms in total. The summed E-state index contributed by atoms with van der Waals surface area (Å²) in [5.74, 6) is 0.692. The Morgan fingerprint density at radius 3 is 2.43 bits per heavy atom. The standard InChI is InChI=1S/C21H22N2O5/c1-14-17(12-22-11-15-7-5-4-6-8-15)21(25)16-9-19(26-2)20(27-3)10-18(16)23(14)28-13-24/h4-10,12-14,22H,11H2,1-3H3. The van der Waals surface area contributed by atoms with Gasteiger partial charge in [0.1, 0.15) is 0 Å². The first-order valence-corrected chi connectivity index (χ1v) is 8.78. The average Bonchev–Trinajstić information content (AvgIpc) is 2.73. The summed E-state index contributed by atoms with van der Waals surface area (Å²) in [6, 6.07) is 12.6. The molecule has 28 heavy (non-hydrogen) atoms. The van der Waals surface area contributed by atoms with Gasteiger partial charge >= 0.3 is 6.47 Å². The third-order valence-electron chi connectivity index (χ3n) is 4.61. The Balaban J connectivity index is 1.96. The molecule has 0 fully saturated rings. The summed E-state index contributed by atoms with van der Waals surface area (Å²) in [5.41, 5.74) is 2.37. The highest BCUT2D eigenvalue weighted by atomic mass is 16.7. The Hall–Kier alpha value is -3.48. The molecule has 1 atom stereocenters. The van der Waals surface area contributed by atoms with Crippen LogP contribution in [0.2, 0.25) is 0 Å². The van der Waals surface area contributed by atoms with Crippen molar-refractivity contribution in [3.05, 3.63) is 65.4 Å². The predicted molar refractivity (Wildman–Crippen MR) is 104 cm³/mol. The van der Waals surface area contributed by atoms with Crippen LogP contribution in [0, 0.1) is 0 Å². The lowest BCUT2D eigenvalue weighted by molar-refractivity contribution is -0.130. The van der Waals surface area contributed by atoms with Crippen molar-refractivity contribution in [1.82, 2.24) is 5.32 Å². The summed E-state index contributed by atoms with van der Waals surface area (Å²) in [7, 11) is 3.00. The zero-order chi connectivity index (χ0) is 20.1. The maximum absolute atomic E-state index is 13.1. The maximum atomic E-state index is 13.1. The van der Waals surface area contributed by atoms with Crippen LogP contribution in [-0.4, -0.2) is 32.5 Å². The van der Waals surface area contributed by atoms with Crippen LogP contribution in [0.15, 0.2) is 54.2 Å². The first-order chi connectivity index (χ1) is 13.6. The van der Waals surface area contributed by atoms with Crippen LogP contribution in [0.1, 0.15) is 22.8 Å². The van der Waals surface area contributed by atoms with Gasteiger partial charge in [0, 0.05) is 24.4 Å². The number of hydroxylamine groups is 1. The minimum atomic E-state index is -0.480. The van der Waals surface area contributed by atoms with Crippen molar-refractivity contribution in [3.8, 4) is 11.5 Å². The number of carbonyl (C=O) groups is 2. The SMILES string of the molecule is COc1cc2c(cc1OC)N(OC=O)C(C)C(=CNCc1ccccc1)C2=O. The molecule has 3 rings (SSSR count). The molecule has 1 unspecified atom stereocenters. The second kappa shape index (κ2) is 8.47. The van der Waals surface area contributed by atoms with Gasteiger partial charge < -0.3 is 19.6 Å². The van der Waals surface area contributed by atoms with Crippen LogP contribution >= 0.6 is 0 Å². The normalized spacial score (nSPS) is 17.1. The molecule has 0 radical (unpaired) electrons. The van der Waals surface area contributed by atoms with Crippen LogP contribution in [0.5, 0.6) is 11.5 Å². The number of ketones is 1. The van der Waals surface area contributed by atoms with E-state index < -0.39 is 6.04 Å². The lowest BCUT2D eigenvalue weighted by Gasteiger charge is -2.35. The molecule has 2 aromatic rings. The summed E-state index contributed by atoms with van der Waals surface area (Å²) in [6.07, 6.45) is 1.67. The van der Waals surface area contributed by atoms with Crippen LogP contribution in [0.4, 0.5) is 5.69 Å². The van der Waals surface area contributed by atoms with E-state index >= 15 is 0 Å². The van der Waals surface area contributed by atoms with Gasteiger partial charge in [0.25, 0.3) is 0 Å². The number of nitrogens with zero attached hydrogens (tertiary/aromatic N) is 1. The molecule has 146 valence electrons. The number of nitrogens with one attached hydrogen (secondary N) is 1. The van der Waals surface area contributed by atoms with E-state index in [9.17, 15) is 9.59 Å². The molecule has 0 aliphatic carbocycles. The second-order valence-electron chi connectivity index (χ2n) is 6.22. The van der Waals surface area contributed by atoms with Gasteiger partial charge in [0.05, 0.1) is 31.5 Å². The minimum absolute atomic E-state index is 0.172. The minimum Gasteiger partial charge on any atom is -0.493 e. The third kappa shape index (κ3) is 3.64. The average molecular weight is 382 g/mol. The van der Waals surface area contributed by atoms with Crippen LogP contribution < -0.4 is 19.9 Å². The van der Waals surface area contributed by atoms with E-state index in [0.717, 1.165) is 5.56 Å². The molecule has 1 N–H and O–H groups in total. The number of Topliss-reactive ketones (excluding diaryl/α,β-unsaturated/α-hetero) is 1. The highest BCUT2D eigenvalue weighted by molar-refractivity contribution is 6.15. The van der Waals surface area contributed by atoms with E-state index in [4.69, 9.17) is 14.3 Å². The van der Waals surface area contributed by atoms with Crippen molar-refractivity contribution in [2.45, 2.75) is 19.5 Å².